The summed E-state index contributed by atoms with van der Waals surface area (Å²) in [7, 11) is 0. The lowest BCUT2D eigenvalue weighted by atomic mass is 10.5. The smallest absolute Gasteiger partial charge is 0.116 e. The normalized spacial score (nSPS) is 10.0. The maximum atomic E-state index is 5.35. The Morgan fingerprint density at radius 3 is 3.00 bits per heavy atom. The topological polar surface area (TPSA) is 51.8 Å². The summed E-state index contributed by atoms with van der Waals surface area (Å²) in [4.78, 5) is 8.07. The highest BCUT2D eigenvalue weighted by molar-refractivity contribution is 7.99. The Morgan fingerprint density at radius 1 is 1.55 bits per heavy atom. The van der Waals surface area contributed by atoms with Gasteiger partial charge in [-0.05, 0) is 13.0 Å². The first-order valence-corrected chi connectivity index (χ1v) is 4.43. The largest absolute Gasteiger partial charge is 0.330 e. The van der Waals surface area contributed by atoms with Gasteiger partial charge in [0.05, 0.1) is 5.03 Å². The van der Waals surface area contributed by atoms with Crippen LogP contribution in [0.5, 0.6) is 0 Å². The SMILES string of the molecule is Cc1cc(SCCN)ncn1. The van der Waals surface area contributed by atoms with E-state index < -0.39 is 0 Å². The molecule has 0 aliphatic carbocycles. The van der Waals surface area contributed by atoms with Gasteiger partial charge in [-0.25, -0.2) is 9.97 Å². The van der Waals surface area contributed by atoms with Gasteiger partial charge in [-0.2, -0.15) is 0 Å². The van der Waals surface area contributed by atoms with Gasteiger partial charge in [-0.1, -0.05) is 0 Å². The summed E-state index contributed by atoms with van der Waals surface area (Å²) in [6, 6.07) is 1.96. The van der Waals surface area contributed by atoms with Crippen molar-refractivity contribution < 1.29 is 0 Å². The second-order valence-electron chi connectivity index (χ2n) is 2.13. The van der Waals surface area contributed by atoms with Crippen LogP contribution in [-0.2, 0) is 0 Å². The summed E-state index contributed by atoms with van der Waals surface area (Å²) in [5.74, 6) is 0.913. The molecule has 0 aromatic carbocycles. The standard InChI is InChI=1S/C7H11N3S/c1-6-4-7(10-5-9-6)11-3-2-8/h4-5H,2-3,8H2,1H3. The predicted octanol–water partition coefficient (Wildman–Crippen LogP) is 0.836. The van der Waals surface area contributed by atoms with Gasteiger partial charge in [-0.3, -0.25) is 0 Å². The fourth-order valence-electron chi connectivity index (χ4n) is 0.672. The Balaban J connectivity index is 2.56. The van der Waals surface area contributed by atoms with Crippen LogP contribution in [0.4, 0.5) is 0 Å². The molecular formula is C7H11N3S. The molecular weight excluding hydrogens is 158 g/mol. The lowest BCUT2D eigenvalue weighted by Gasteiger charge is -1.97. The maximum absolute atomic E-state index is 5.35. The molecule has 1 rings (SSSR count). The van der Waals surface area contributed by atoms with E-state index in [-0.39, 0.29) is 0 Å². The van der Waals surface area contributed by atoms with E-state index in [2.05, 4.69) is 9.97 Å². The van der Waals surface area contributed by atoms with Crippen LogP contribution in [0.25, 0.3) is 0 Å². The summed E-state index contributed by atoms with van der Waals surface area (Å²) >= 11 is 1.66. The van der Waals surface area contributed by atoms with Crippen molar-refractivity contribution in [1.82, 2.24) is 9.97 Å². The zero-order chi connectivity index (χ0) is 8.10. The second-order valence-corrected chi connectivity index (χ2v) is 3.25. The van der Waals surface area contributed by atoms with Crippen LogP contribution in [0.1, 0.15) is 5.69 Å². The van der Waals surface area contributed by atoms with Crippen LogP contribution >= 0.6 is 11.8 Å². The van der Waals surface area contributed by atoms with E-state index in [9.17, 15) is 0 Å². The van der Waals surface area contributed by atoms with E-state index in [1.807, 2.05) is 13.0 Å². The summed E-state index contributed by atoms with van der Waals surface area (Å²) in [6.07, 6.45) is 1.58. The van der Waals surface area contributed by atoms with Gasteiger partial charge >= 0.3 is 0 Å². The van der Waals surface area contributed by atoms with Crippen LogP contribution < -0.4 is 5.73 Å². The first-order valence-electron chi connectivity index (χ1n) is 3.44. The summed E-state index contributed by atoms with van der Waals surface area (Å²) in [5, 5.41) is 1.00. The molecule has 1 heterocycles. The second kappa shape index (κ2) is 4.31. The van der Waals surface area contributed by atoms with E-state index in [1.165, 1.54) is 0 Å². The van der Waals surface area contributed by atoms with Crippen LogP contribution in [0.2, 0.25) is 0 Å². The van der Waals surface area contributed by atoms with Crippen LogP contribution in [-0.4, -0.2) is 22.3 Å². The van der Waals surface area contributed by atoms with Gasteiger partial charge in [0.25, 0.3) is 0 Å². The third kappa shape index (κ3) is 2.86. The highest BCUT2D eigenvalue weighted by Crippen LogP contribution is 2.13. The number of nitrogens with zero attached hydrogens (tertiary/aromatic N) is 2. The van der Waals surface area contributed by atoms with Crippen LogP contribution in [0.15, 0.2) is 17.4 Å². The Hall–Kier alpha value is -0.610. The van der Waals surface area contributed by atoms with Gasteiger partial charge < -0.3 is 5.73 Å². The number of aromatic nitrogens is 2. The highest BCUT2D eigenvalue weighted by atomic mass is 32.2. The molecule has 0 aliphatic rings. The number of rotatable bonds is 3. The van der Waals surface area contributed by atoms with Crippen LogP contribution in [0, 0.1) is 6.92 Å². The lowest BCUT2D eigenvalue weighted by molar-refractivity contribution is 1.00. The Bertz CT molecular complexity index is 227. The quantitative estimate of drug-likeness (QED) is 0.538. The van der Waals surface area contributed by atoms with Crippen molar-refractivity contribution in [3.05, 3.63) is 18.1 Å². The molecule has 0 unspecified atom stereocenters. The highest BCUT2D eigenvalue weighted by Gasteiger charge is 1.93. The van der Waals surface area contributed by atoms with E-state index in [4.69, 9.17) is 5.73 Å². The monoisotopic (exact) mass is 169 g/mol. The fraction of sp³-hybridized carbons (Fsp3) is 0.429. The van der Waals surface area contributed by atoms with Crippen LogP contribution in [0.3, 0.4) is 0 Å². The fourth-order valence-corrected chi connectivity index (χ4v) is 1.38. The van der Waals surface area contributed by atoms with Gasteiger partial charge in [0.1, 0.15) is 6.33 Å². The molecule has 0 amide bonds. The first-order chi connectivity index (χ1) is 5.33. The minimum atomic E-state index is 0.688. The number of aryl methyl sites for hydroxylation is 1. The molecule has 11 heavy (non-hydrogen) atoms. The molecule has 0 fully saturated rings. The average Bonchev–Trinajstić information content (AvgIpc) is 2.01. The molecule has 1 aromatic rings. The molecule has 0 spiro atoms. The Labute approximate surface area is 70.4 Å². The molecule has 0 saturated heterocycles. The minimum absolute atomic E-state index is 0.688. The van der Waals surface area contributed by atoms with E-state index in [0.29, 0.717) is 6.54 Å². The molecule has 60 valence electrons. The minimum Gasteiger partial charge on any atom is -0.330 e. The maximum Gasteiger partial charge on any atom is 0.116 e. The molecule has 0 atom stereocenters. The molecule has 1 aromatic heterocycles. The van der Waals surface area contributed by atoms with E-state index in [0.717, 1.165) is 16.5 Å². The molecule has 0 radical (unpaired) electrons. The van der Waals surface area contributed by atoms with Gasteiger partial charge in [0.2, 0.25) is 0 Å². The van der Waals surface area contributed by atoms with Gasteiger partial charge in [0, 0.05) is 18.0 Å². The number of hydrogen-bond acceptors (Lipinski definition) is 4. The van der Waals surface area contributed by atoms with Crippen molar-refractivity contribution in [2.24, 2.45) is 5.73 Å². The molecule has 2 N–H and O–H groups in total. The van der Waals surface area contributed by atoms with Gasteiger partial charge in [-0.15, -0.1) is 11.8 Å². The van der Waals surface area contributed by atoms with Crippen molar-refractivity contribution in [3.63, 3.8) is 0 Å². The summed E-state index contributed by atoms with van der Waals surface area (Å²) in [5.41, 5.74) is 6.35. The summed E-state index contributed by atoms with van der Waals surface area (Å²) in [6.45, 7) is 2.64. The number of hydrogen-bond donors (Lipinski definition) is 1. The van der Waals surface area contributed by atoms with Crippen molar-refractivity contribution >= 4 is 11.8 Å². The zero-order valence-corrected chi connectivity index (χ0v) is 7.27. The van der Waals surface area contributed by atoms with E-state index >= 15 is 0 Å². The van der Waals surface area contributed by atoms with Crippen molar-refractivity contribution in [2.75, 3.05) is 12.3 Å². The molecule has 0 aliphatic heterocycles. The number of thioether (sulfide) groups is 1. The van der Waals surface area contributed by atoms with Crippen molar-refractivity contribution in [3.8, 4) is 0 Å². The zero-order valence-electron chi connectivity index (χ0n) is 6.45. The number of nitrogens with two attached hydrogens (primary N) is 1. The molecule has 4 heteroatoms. The lowest BCUT2D eigenvalue weighted by Crippen LogP contribution is -2.01. The third-order valence-corrected chi connectivity index (χ3v) is 2.11. The molecule has 0 bridgehead atoms. The van der Waals surface area contributed by atoms with Crippen molar-refractivity contribution in [1.29, 1.82) is 0 Å². The first kappa shape index (κ1) is 8.49. The third-order valence-electron chi connectivity index (χ3n) is 1.15. The summed E-state index contributed by atoms with van der Waals surface area (Å²) < 4.78 is 0. The molecule has 3 nitrogen and oxygen atoms in total. The van der Waals surface area contributed by atoms with Crippen molar-refractivity contribution in [2.45, 2.75) is 11.9 Å². The Morgan fingerprint density at radius 2 is 2.36 bits per heavy atom. The average molecular weight is 169 g/mol. The van der Waals surface area contributed by atoms with E-state index in [1.54, 1.807) is 18.1 Å². The molecule has 0 saturated carbocycles. The van der Waals surface area contributed by atoms with Gasteiger partial charge in [0.15, 0.2) is 0 Å². The Kier molecular flexibility index (Phi) is 3.32. The predicted molar refractivity (Wildman–Crippen MR) is 46.5 cm³/mol.